The predicted octanol–water partition coefficient (Wildman–Crippen LogP) is 0.850. The summed E-state index contributed by atoms with van der Waals surface area (Å²) < 4.78 is 4.58. The average Bonchev–Trinajstić information content (AvgIpc) is 2.26. The Morgan fingerprint density at radius 2 is 2.20 bits per heavy atom. The second kappa shape index (κ2) is 5.85. The maximum absolute atomic E-state index is 11.2. The molecule has 0 aromatic carbocycles. The van der Waals surface area contributed by atoms with E-state index in [0.29, 0.717) is 13.0 Å². The Balaban J connectivity index is 2.30. The molecule has 1 unspecified atom stereocenters. The van der Waals surface area contributed by atoms with Crippen molar-refractivity contribution in [3.05, 3.63) is 0 Å². The zero-order valence-electron chi connectivity index (χ0n) is 9.49. The van der Waals surface area contributed by atoms with E-state index in [1.807, 2.05) is 0 Å². The summed E-state index contributed by atoms with van der Waals surface area (Å²) in [4.78, 5) is 24.3. The molecule has 0 aliphatic carbocycles. The third-order valence-electron chi connectivity index (χ3n) is 2.94. The molecule has 86 valence electrons. The molecular formula is C11H19NO3. The summed E-state index contributed by atoms with van der Waals surface area (Å²) in [6, 6.07) is 0. The van der Waals surface area contributed by atoms with Crippen LogP contribution >= 0.6 is 0 Å². The number of hydrogen-bond acceptors (Lipinski definition) is 4. The molecule has 0 amide bonds. The molecule has 4 heteroatoms. The minimum atomic E-state index is -0.181. The van der Waals surface area contributed by atoms with Gasteiger partial charge in [-0.15, -0.1) is 0 Å². The van der Waals surface area contributed by atoms with Crippen molar-refractivity contribution in [3.8, 4) is 0 Å². The van der Waals surface area contributed by atoms with Gasteiger partial charge < -0.3 is 9.64 Å². The lowest BCUT2D eigenvalue weighted by Crippen LogP contribution is -2.39. The maximum atomic E-state index is 11.2. The molecular weight excluding hydrogens is 194 g/mol. The number of esters is 1. The van der Waals surface area contributed by atoms with Crippen LogP contribution in [0.4, 0.5) is 0 Å². The van der Waals surface area contributed by atoms with Gasteiger partial charge in [0, 0.05) is 19.0 Å². The minimum Gasteiger partial charge on any atom is -0.469 e. The largest absolute Gasteiger partial charge is 0.469 e. The second-order valence-electron chi connectivity index (χ2n) is 4.08. The Kier molecular flexibility index (Phi) is 4.75. The Morgan fingerprint density at radius 3 is 2.80 bits per heavy atom. The quantitative estimate of drug-likeness (QED) is 0.649. The molecule has 1 saturated heterocycles. The van der Waals surface area contributed by atoms with Crippen LogP contribution in [0.1, 0.15) is 26.2 Å². The number of piperidine rings is 1. The first-order valence-corrected chi connectivity index (χ1v) is 5.43. The predicted molar refractivity (Wildman–Crippen MR) is 56.5 cm³/mol. The van der Waals surface area contributed by atoms with Crippen molar-refractivity contribution in [1.29, 1.82) is 0 Å². The SMILES string of the molecule is COC(=O)CCN1CCCC(C(C)=O)C1. The van der Waals surface area contributed by atoms with Gasteiger partial charge in [-0.1, -0.05) is 0 Å². The van der Waals surface area contributed by atoms with E-state index in [1.165, 1.54) is 7.11 Å². The van der Waals surface area contributed by atoms with Crippen molar-refractivity contribution >= 4 is 11.8 Å². The highest BCUT2D eigenvalue weighted by atomic mass is 16.5. The molecule has 0 aromatic heterocycles. The first-order chi connectivity index (χ1) is 7.13. The first-order valence-electron chi connectivity index (χ1n) is 5.43. The smallest absolute Gasteiger partial charge is 0.306 e. The van der Waals surface area contributed by atoms with Crippen LogP contribution in [-0.2, 0) is 14.3 Å². The van der Waals surface area contributed by atoms with Gasteiger partial charge in [-0.2, -0.15) is 0 Å². The Morgan fingerprint density at radius 1 is 1.47 bits per heavy atom. The van der Waals surface area contributed by atoms with E-state index in [9.17, 15) is 9.59 Å². The molecule has 1 fully saturated rings. The summed E-state index contributed by atoms with van der Waals surface area (Å²) in [6.45, 7) is 4.14. The number of likely N-dealkylation sites (tertiary alicyclic amines) is 1. The molecule has 0 bridgehead atoms. The van der Waals surface area contributed by atoms with Crippen molar-refractivity contribution in [2.24, 2.45) is 5.92 Å². The molecule has 0 aromatic rings. The minimum absolute atomic E-state index is 0.163. The molecule has 15 heavy (non-hydrogen) atoms. The molecule has 1 atom stereocenters. The van der Waals surface area contributed by atoms with E-state index in [4.69, 9.17) is 0 Å². The van der Waals surface area contributed by atoms with Gasteiger partial charge >= 0.3 is 5.97 Å². The lowest BCUT2D eigenvalue weighted by molar-refractivity contribution is -0.141. The fraction of sp³-hybridized carbons (Fsp3) is 0.818. The van der Waals surface area contributed by atoms with Crippen molar-refractivity contribution in [1.82, 2.24) is 4.90 Å². The van der Waals surface area contributed by atoms with Crippen molar-refractivity contribution < 1.29 is 14.3 Å². The number of nitrogens with zero attached hydrogens (tertiary/aromatic N) is 1. The zero-order chi connectivity index (χ0) is 11.3. The van der Waals surface area contributed by atoms with Gasteiger partial charge in [0.25, 0.3) is 0 Å². The summed E-state index contributed by atoms with van der Waals surface area (Å²) in [6.07, 6.45) is 2.45. The normalized spacial score (nSPS) is 22.4. The number of rotatable bonds is 4. The standard InChI is InChI=1S/C11H19NO3/c1-9(13)10-4-3-6-12(8-10)7-5-11(14)15-2/h10H,3-8H2,1-2H3. The van der Waals surface area contributed by atoms with Gasteiger partial charge in [0.2, 0.25) is 0 Å². The molecule has 0 saturated carbocycles. The number of ketones is 1. The number of carbonyl (C=O) groups excluding carboxylic acids is 2. The Hall–Kier alpha value is -0.900. The third-order valence-corrected chi connectivity index (χ3v) is 2.94. The molecule has 1 aliphatic rings. The second-order valence-corrected chi connectivity index (χ2v) is 4.08. The van der Waals surface area contributed by atoms with Crippen LogP contribution in [0.3, 0.4) is 0 Å². The molecule has 1 rings (SSSR count). The average molecular weight is 213 g/mol. The molecule has 1 heterocycles. The van der Waals surface area contributed by atoms with Crippen LogP contribution in [0, 0.1) is 5.92 Å². The van der Waals surface area contributed by atoms with Crippen LogP contribution in [0.25, 0.3) is 0 Å². The number of carbonyl (C=O) groups is 2. The van der Waals surface area contributed by atoms with Crippen LogP contribution in [-0.4, -0.2) is 43.4 Å². The summed E-state index contributed by atoms with van der Waals surface area (Å²) in [5.41, 5.74) is 0. The fourth-order valence-electron chi connectivity index (χ4n) is 1.94. The Bertz CT molecular complexity index is 240. The zero-order valence-corrected chi connectivity index (χ0v) is 9.49. The van der Waals surface area contributed by atoms with Gasteiger partial charge in [-0.05, 0) is 26.3 Å². The monoisotopic (exact) mass is 213 g/mol. The third kappa shape index (κ3) is 4.00. The van der Waals surface area contributed by atoms with Gasteiger partial charge in [0.05, 0.1) is 13.5 Å². The van der Waals surface area contributed by atoms with E-state index >= 15 is 0 Å². The van der Waals surface area contributed by atoms with Gasteiger partial charge in [-0.25, -0.2) is 0 Å². The van der Waals surface area contributed by atoms with Crippen LogP contribution in [0.5, 0.6) is 0 Å². The number of hydrogen-bond donors (Lipinski definition) is 0. The van der Waals surface area contributed by atoms with Gasteiger partial charge in [-0.3, -0.25) is 9.59 Å². The van der Waals surface area contributed by atoms with E-state index in [0.717, 1.165) is 25.9 Å². The van der Waals surface area contributed by atoms with E-state index in [1.54, 1.807) is 6.92 Å². The van der Waals surface area contributed by atoms with Crippen molar-refractivity contribution in [3.63, 3.8) is 0 Å². The van der Waals surface area contributed by atoms with Gasteiger partial charge in [0.1, 0.15) is 5.78 Å². The molecule has 0 N–H and O–H groups in total. The summed E-state index contributed by atoms with van der Waals surface area (Å²) in [5.74, 6) is 0.245. The number of ether oxygens (including phenoxy) is 1. The van der Waals surface area contributed by atoms with Crippen LogP contribution in [0.2, 0.25) is 0 Å². The highest BCUT2D eigenvalue weighted by Gasteiger charge is 2.23. The summed E-state index contributed by atoms with van der Waals surface area (Å²) in [5, 5.41) is 0. The van der Waals surface area contributed by atoms with Crippen molar-refractivity contribution in [2.45, 2.75) is 26.2 Å². The summed E-state index contributed by atoms with van der Waals surface area (Å²) >= 11 is 0. The first kappa shape index (κ1) is 12.2. The highest BCUT2D eigenvalue weighted by Crippen LogP contribution is 2.17. The summed E-state index contributed by atoms with van der Waals surface area (Å²) in [7, 11) is 1.40. The van der Waals surface area contributed by atoms with Crippen molar-refractivity contribution in [2.75, 3.05) is 26.7 Å². The van der Waals surface area contributed by atoms with E-state index in [2.05, 4.69) is 9.64 Å². The maximum Gasteiger partial charge on any atom is 0.306 e. The van der Waals surface area contributed by atoms with E-state index < -0.39 is 0 Å². The highest BCUT2D eigenvalue weighted by molar-refractivity contribution is 5.78. The fourth-order valence-corrected chi connectivity index (χ4v) is 1.94. The van der Waals surface area contributed by atoms with Gasteiger partial charge in [0.15, 0.2) is 0 Å². The molecule has 0 radical (unpaired) electrons. The lowest BCUT2D eigenvalue weighted by Gasteiger charge is -2.31. The molecule has 4 nitrogen and oxygen atoms in total. The number of methoxy groups -OCH3 is 1. The van der Waals surface area contributed by atoms with E-state index in [-0.39, 0.29) is 17.7 Å². The van der Waals surface area contributed by atoms with Crippen LogP contribution < -0.4 is 0 Å². The molecule has 0 spiro atoms. The topological polar surface area (TPSA) is 46.6 Å². The van der Waals surface area contributed by atoms with Crippen LogP contribution in [0.15, 0.2) is 0 Å². The number of Topliss-reactive ketones (excluding diaryl/α,β-unsaturated/α-hetero) is 1. The lowest BCUT2D eigenvalue weighted by atomic mass is 9.94. The molecule has 1 aliphatic heterocycles. The Labute approximate surface area is 90.6 Å².